The number of likely N-dealkylation sites (tertiary alicyclic amines) is 1. The van der Waals surface area contributed by atoms with E-state index in [-0.39, 0.29) is 30.3 Å². The lowest BCUT2D eigenvalue weighted by Crippen LogP contribution is -2.55. The largest absolute Gasteiger partial charge is 0.380 e. The minimum Gasteiger partial charge on any atom is -0.380 e. The molecule has 0 unspecified atom stereocenters. The Bertz CT molecular complexity index is 569. The van der Waals surface area contributed by atoms with Gasteiger partial charge >= 0.3 is 6.03 Å². The minimum atomic E-state index is -0.349. The van der Waals surface area contributed by atoms with Crippen LogP contribution in [-0.4, -0.2) is 99.0 Å². The molecule has 1 saturated carbocycles. The van der Waals surface area contributed by atoms with E-state index < -0.39 is 0 Å². The number of piperidine rings is 1. The molecule has 0 aromatic heterocycles. The van der Waals surface area contributed by atoms with Crippen molar-refractivity contribution in [3.8, 4) is 0 Å². The summed E-state index contributed by atoms with van der Waals surface area (Å²) in [7, 11) is 6.00. The molecule has 1 aliphatic carbocycles. The van der Waals surface area contributed by atoms with E-state index >= 15 is 0 Å². The maximum atomic E-state index is 13.3. The first-order valence-corrected chi connectivity index (χ1v) is 10.9. The van der Waals surface area contributed by atoms with Crippen LogP contribution in [0.2, 0.25) is 0 Å². The molecule has 0 aromatic carbocycles. The molecule has 1 N–H and O–H groups in total. The number of hydrogen-bond donors (Lipinski definition) is 1. The maximum Gasteiger partial charge on any atom is 0.324 e. The van der Waals surface area contributed by atoms with Crippen LogP contribution in [0.15, 0.2) is 0 Å². The van der Waals surface area contributed by atoms with Crippen molar-refractivity contribution >= 4 is 17.7 Å². The Hall–Kier alpha value is -1.51. The lowest BCUT2D eigenvalue weighted by molar-refractivity contribution is -0.138. The fraction of sp³-hybridized carbons (Fsp3) is 0.857. The van der Waals surface area contributed by atoms with Crippen LogP contribution in [0.25, 0.3) is 0 Å². The molecule has 2 fully saturated rings. The molecule has 2 rings (SSSR count). The highest BCUT2D eigenvalue weighted by molar-refractivity contribution is 5.95. The van der Waals surface area contributed by atoms with Gasteiger partial charge in [0.05, 0.1) is 19.1 Å². The second kappa shape index (κ2) is 11.6. The van der Waals surface area contributed by atoms with Crippen LogP contribution < -0.4 is 5.32 Å². The number of imide groups is 1. The number of Topliss-reactive ketones (excluding diaryl/α,β-unsaturated/α-hetero) is 1. The third-order valence-electron chi connectivity index (χ3n) is 6.00. The van der Waals surface area contributed by atoms with Gasteiger partial charge in [-0.25, -0.2) is 4.79 Å². The van der Waals surface area contributed by atoms with Gasteiger partial charge in [0, 0.05) is 38.6 Å². The Morgan fingerprint density at radius 2 is 2.03 bits per heavy atom. The average molecular weight is 411 g/mol. The molecule has 3 atom stereocenters. The van der Waals surface area contributed by atoms with Crippen LogP contribution >= 0.6 is 0 Å². The van der Waals surface area contributed by atoms with E-state index in [0.29, 0.717) is 57.4 Å². The van der Waals surface area contributed by atoms with Gasteiger partial charge in [0.2, 0.25) is 5.91 Å². The first kappa shape index (κ1) is 23.8. The topological polar surface area (TPSA) is 82.2 Å². The number of nitrogens with zero attached hydrogens (tertiary/aromatic N) is 3. The maximum absolute atomic E-state index is 13.3. The molecule has 8 heteroatoms. The highest BCUT2D eigenvalue weighted by atomic mass is 16.5. The molecule has 0 spiro atoms. The standard InChI is InChI=1S/C21H38N4O4/c1-5-29-12-11-25(21(28)22-9-6-10-23(2)3)20(27)17-13-16-14-18(26)7-8-19(16)24(4)15-17/h16-17,19H,5-15H2,1-4H3,(H,22,28)/t16-,17-,19-/m1/s1. The van der Waals surface area contributed by atoms with Crippen LogP contribution in [0, 0.1) is 11.8 Å². The van der Waals surface area contributed by atoms with Crippen molar-refractivity contribution < 1.29 is 19.1 Å². The van der Waals surface area contributed by atoms with Crippen LogP contribution in [0.1, 0.15) is 39.0 Å². The molecule has 1 aliphatic heterocycles. The van der Waals surface area contributed by atoms with Crippen molar-refractivity contribution in [3.05, 3.63) is 0 Å². The first-order chi connectivity index (χ1) is 13.8. The Morgan fingerprint density at radius 1 is 1.28 bits per heavy atom. The van der Waals surface area contributed by atoms with Crippen molar-refractivity contribution in [1.29, 1.82) is 0 Å². The van der Waals surface area contributed by atoms with Gasteiger partial charge in [0.15, 0.2) is 0 Å². The fourth-order valence-corrected chi connectivity index (χ4v) is 4.52. The zero-order valence-corrected chi connectivity index (χ0v) is 18.5. The summed E-state index contributed by atoms with van der Waals surface area (Å²) in [6.45, 7) is 5.05. The second-order valence-electron chi connectivity index (χ2n) is 8.56. The second-order valence-corrected chi connectivity index (χ2v) is 8.56. The van der Waals surface area contributed by atoms with Crippen LogP contribution in [0.4, 0.5) is 4.79 Å². The molecule has 2 aliphatic rings. The molecule has 1 saturated heterocycles. The fourth-order valence-electron chi connectivity index (χ4n) is 4.52. The van der Waals surface area contributed by atoms with Gasteiger partial charge in [-0.1, -0.05) is 0 Å². The summed E-state index contributed by atoms with van der Waals surface area (Å²) in [5.74, 6) is 0.0832. The lowest BCUT2D eigenvalue weighted by atomic mass is 9.74. The number of carbonyl (C=O) groups excluding carboxylic acids is 3. The number of rotatable bonds is 9. The Morgan fingerprint density at radius 3 is 2.72 bits per heavy atom. The smallest absolute Gasteiger partial charge is 0.324 e. The SMILES string of the molecule is CCOCCN(C(=O)NCCCN(C)C)C(=O)[C@@H]1C[C@@H]2CC(=O)CC[C@H]2N(C)C1. The normalized spacial score (nSPS) is 25.0. The highest BCUT2D eigenvalue weighted by Gasteiger charge is 2.42. The summed E-state index contributed by atoms with van der Waals surface area (Å²) >= 11 is 0. The third-order valence-corrected chi connectivity index (χ3v) is 6.00. The van der Waals surface area contributed by atoms with E-state index in [1.165, 1.54) is 4.90 Å². The number of ketones is 1. The van der Waals surface area contributed by atoms with Gasteiger partial charge in [0.25, 0.3) is 0 Å². The van der Waals surface area contributed by atoms with Crippen molar-refractivity contribution in [2.45, 2.75) is 45.1 Å². The number of ether oxygens (including phenoxy) is 1. The molecule has 1 heterocycles. The Kier molecular flexibility index (Phi) is 9.52. The molecule has 3 amide bonds. The summed E-state index contributed by atoms with van der Waals surface area (Å²) in [6.07, 6.45) is 3.57. The van der Waals surface area contributed by atoms with Gasteiger partial charge in [-0.05, 0) is 59.8 Å². The van der Waals surface area contributed by atoms with Crippen molar-refractivity contribution in [2.75, 3.05) is 60.5 Å². The van der Waals surface area contributed by atoms with E-state index in [0.717, 1.165) is 19.4 Å². The van der Waals surface area contributed by atoms with Gasteiger partial charge in [-0.15, -0.1) is 0 Å². The number of urea groups is 1. The summed E-state index contributed by atoms with van der Waals surface area (Å²) in [6, 6.07) is 0.0199. The zero-order valence-electron chi connectivity index (χ0n) is 18.5. The van der Waals surface area contributed by atoms with E-state index in [1.54, 1.807) is 0 Å². The monoisotopic (exact) mass is 410 g/mol. The molecule has 8 nitrogen and oxygen atoms in total. The Labute approximate surface area is 174 Å². The summed E-state index contributed by atoms with van der Waals surface area (Å²) in [4.78, 5) is 43.5. The molecular weight excluding hydrogens is 372 g/mol. The average Bonchev–Trinajstić information content (AvgIpc) is 2.67. The molecule has 166 valence electrons. The quantitative estimate of drug-likeness (QED) is 0.575. The van der Waals surface area contributed by atoms with Crippen molar-refractivity contribution in [1.82, 2.24) is 20.0 Å². The number of hydrogen-bond acceptors (Lipinski definition) is 6. The van der Waals surface area contributed by atoms with Crippen LogP contribution in [0.3, 0.4) is 0 Å². The predicted octanol–water partition coefficient (Wildman–Crippen LogP) is 1.20. The number of nitrogens with one attached hydrogen (secondary N) is 1. The number of carbonyl (C=O) groups is 3. The third kappa shape index (κ3) is 7.04. The molecule has 0 aromatic rings. The molecule has 29 heavy (non-hydrogen) atoms. The van der Waals surface area contributed by atoms with Gasteiger partial charge < -0.3 is 19.9 Å². The summed E-state index contributed by atoms with van der Waals surface area (Å²) in [5.41, 5.74) is 0. The van der Waals surface area contributed by atoms with Crippen LogP contribution in [-0.2, 0) is 14.3 Å². The number of amides is 3. The van der Waals surface area contributed by atoms with Gasteiger partial charge in [-0.2, -0.15) is 0 Å². The van der Waals surface area contributed by atoms with E-state index in [2.05, 4.69) is 15.1 Å². The van der Waals surface area contributed by atoms with Gasteiger partial charge in [-0.3, -0.25) is 14.5 Å². The van der Waals surface area contributed by atoms with Crippen LogP contribution in [0.5, 0.6) is 0 Å². The lowest BCUT2D eigenvalue weighted by Gasteiger charge is -2.45. The van der Waals surface area contributed by atoms with E-state index in [1.807, 2.05) is 28.1 Å². The van der Waals surface area contributed by atoms with Gasteiger partial charge in [0.1, 0.15) is 5.78 Å². The highest BCUT2D eigenvalue weighted by Crippen LogP contribution is 2.36. The molecular formula is C21H38N4O4. The van der Waals surface area contributed by atoms with E-state index in [4.69, 9.17) is 4.74 Å². The molecule has 0 radical (unpaired) electrons. The van der Waals surface area contributed by atoms with E-state index in [9.17, 15) is 14.4 Å². The molecule has 0 bridgehead atoms. The summed E-state index contributed by atoms with van der Waals surface area (Å²) < 4.78 is 5.39. The number of fused-ring (bicyclic) bond motifs is 1. The van der Waals surface area contributed by atoms with Crippen molar-refractivity contribution in [2.24, 2.45) is 11.8 Å². The zero-order chi connectivity index (χ0) is 21.4. The predicted molar refractivity (Wildman–Crippen MR) is 112 cm³/mol. The minimum absolute atomic E-state index is 0.155. The summed E-state index contributed by atoms with van der Waals surface area (Å²) in [5, 5.41) is 2.88. The van der Waals surface area contributed by atoms with Crippen molar-refractivity contribution in [3.63, 3.8) is 0 Å². The first-order valence-electron chi connectivity index (χ1n) is 10.9. The Balaban J connectivity index is 1.99.